The van der Waals surface area contributed by atoms with Gasteiger partial charge in [-0.2, -0.15) is 0 Å². The first-order chi connectivity index (χ1) is 11.3. The molecule has 118 valence electrons. The summed E-state index contributed by atoms with van der Waals surface area (Å²) < 4.78 is 5.23. The zero-order valence-electron chi connectivity index (χ0n) is 13.0. The molecule has 1 aliphatic rings. The van der Waals surface area contributed by atoms with E-state index >= 15 is 0 Å². The summed E-state index contributed by atoms with van der Waals surface area (Å²) in [5.41, 5.74) is 2.21. The van der Waals surface area contributed by atoms with Crippen molar-refractivity contribution >= 4 is 17.4 Å². The maximum absolute atomic E-state index is 12.4. The number of amidine groups is 1. The van der Waals surface area contributed by atoms with Crippen molar-refractivity contribution in [3.63, 3.8) is 0 Å². The summed E-state index contributed by atoms with van der Waals surface area (Å²) >= 11 is 0. The minimum absolute atomic E-state index is 0.196. The van der Waals surface area contributed by atoms with Crippen molar-refractivity contribution in [2.45, 2.75) is 6.42 Å². The number of benzene rings is 2. The Balaban J connectivity index is 1.80. The topological polar surface area (TPSA) is 62.7 Å². The van der Waals surface area contributed by atoms with Crippen LogP contribution in [0, 0.1) is 0 Å². The maximum Gasteiger partial charge on any atom is 0.259 e. The summed E-state index contributed by atoms with van der Waals surface area (Å²) in [6, 6.07) is 14.8. The number of amides is 1. The number of hydrogen-bond acceptors (Lipinski definition) is 4. The number of methoxy groups -OCH3 is 1. The van der Waals surface area contributed by atoms with Crippen molar-refractivity contribution in [2.24, 2.45) is 4.99 Å². The van der Waals surface area contributed by atoms with Gasteiger partial charge in [0.2, 0.25) is 0 Å². The highest BCUT2D eigenvalue weighted by molar-refractivity contribution is 6.07. The van der Waals surface area contributed by atoms with E-state index in [1.807, 2.05) is 36.4 Å². The highest BCUT2D eigenvalue weighted by Crippen LogP contribution is 2.20. The molecule has 0 radical (unpaired) electrons. The first kappa shape index (κ1) is 15.1. The molecule has 0 aliphatic carbocycles. The van der Waals surface area contributed by atoms with Gasteiger partial charge in [-0.05, 0) is 30.7 Å². The maximum atomic E-state index is 12.4. The summed E-state index contributed by atoms with van der Waals surface area (Å²) in [6.45, 7) is 1.76. The molecule has 0 aromatic heterocycles. The fourth-order valence-corrected chi connectivity index (χ4v) is 2.50. The fraction of sp³-hybridized carbons (Fsp3) is 0.222. The van der Waals surface area contributed by atoms with Gasteiger partial charge >= 0.3 is 0 Å². The molecule has 0 saturated heterocycles. The van der Waals surface area contributed by atoms with Crippen LogP contribution in [-0.2, 0) is 0 Å². The Kier molecular flexibility index (Phi) is 4.57. The number of carbonyl (C=O) groups is 1. The molecule has 2 N–H and O–H groups in total. The Bertz CT molecular complexity index is 741. The fourth-order valence-electron chi connectivity index (χ4n) is 2.50. The lowest BCUT2D eigenvalue weighted by Crippen LogP contribution is -2.30. The van der Waals surface area contributed by atoms with Crippen molar-refractivity contribution < 1.29 is 9.53 Å². The van der Waals surface area contributed by atoms with Gasteiger partial charge in [-0.1, -0.05) is 24.3 Å². The summed E-state index contributed by atoms with van der Waals surface area (Å²) in [5.74, 6) is 1.24. The van der Waals surface area contributed by atoms with E-state index in [0.29, 0.717) is 11.3 Å². The number of aliphatic imine (C=N–C) groups is 1. The van der Waals surface area contributed by atoms with Crippen LogP contribution in [-0.4, -0.2) is 31.9 Å². The molecule has 0 unspecified atom stereocenters. The van der Waals surface area contributed by atoms with Gasteiger partial charge in [-0.3, -0.25) is 9.79 Å². The number of anilines is 1. The van der Waals surface area contributed by atoms with Gasteiger partial charge < -0.3 is 15.4 Å². The number of carbonyl (C=O) groups excluding carboxylic acids is 1. The molecular weight excluding hydrogens is 290 g/mol. The van der Waals surface area contributed by atoms with Crippen LogP contribution in [0.3, 0.4) is 0 Å². The summed E-state index contributed by atoms with van der Waals surface area (Å²) in [7, 11) is 1.56. The number of ether oxygens (including phenoxy) is 1. The molecule has 3 rings (SSSR count). The van der Waals surface area contributed by atoms with Crippen LogP contribution in [0.15, 0.2) is 53.5 Å². The molecule has 0 bridgehead atoms. The normalized spacial score (nSPS) is 13.7. The van der Waals surface area contributed by atoms with E-state index in [0.717, 1.165) is 36.6 Å². The Morgan fingerprint density at radius 1 is 1.22 bits per heavy atom. The predicted molar refractivity (Wildman–Crippen MR) is 91.4 cm³/mol. The standard InChI is InChI=1S/C18H19N3O2/c1-23-16-9-3-2-8-15(16)18(22)21-14-7-4-6-13(12-14)17-19-10-5-11-20-17/h2-4,6-9,12H,5,10-11H2,1H3,(H,19,20)(H,21,22). The summed E-state index contributed by atoms with van der Waals surface area (Å²) in [5, 5.41) is 6.19. The minimum Gasteiger partial charge on any atom is -0.496 e. The van der Waals surface area contributed by atoms with E-state index in [4.69, 9.17) is 4.74 Å². The smallest absolute Gasteiger partial charge is 0.259 e. The Morgan fingerprint density at radius 3 is 2.87 bits per heavy atom. The number of hydrogen-bond donors (Lipinski definition) is 2. The number of para-hydroxylation sites is 1. The molecule has 5 heteroatoms. The third-order valence-electron chi connectivity index (χ3n) is 3.64. The van der Waals surface area contributed by atoms with Crippen LogP contribution >= 0.6 is 0 Å². The Morgan fingerprint density at radius 2 is 2.09 bits per heavy atom. The number of nitrogens with zero attached hydrogens (tertiary/aromatic N) is 1. The molecule has 0 fully saturated rings. The predicted octanol–water partition coefficient (Wildman–Crippen LogP) is 2.69. The van der Waals surface area contributed by atoms with E-state index in [9.17, 15) is 4.79 Å². The summed E-state index contributed by atoms with van der Waals surface area (Å²) in [6.07, 6.45) is 1.05. The first-order valence-corrected chi connectivity index (χ1v) is 7.61. The van der Waals surface area contributed by atoms with E-state index < -0.39 is 0 Å². The molecule has 1 heterocycles. The SMILES string of the molecule is COc1ccccc1C(=O)Nc1cccc(C2=NCCCN2)c1. The molecule has 1 amide bonds. The van der Waals surface area contributed by atoms with E-state index in [1.165, 1.54) is 0 Å². The van der Waals surface area contributed by atoms with E-state index in [-0.39, 0.29) is 5.91 Å². The highest BCUT2D eigenvalue weighted by Gasteiger charge is 2.13. The van der Waals surface area contributed by atoms with Gasteiger partial charge in [0.05, 0.1) is 12.7 Å². The van der Waals surface area contributed by atoms with Crippen LogP contribution in [0.5, 0.6) is 5.75 Å². The second kappa shape index (κ2) is 6.96. The van der Waals surface area contributed by atoms with Gasteiger partial charge in [0.1, 0.15) is 11.6 Å². The number of nitrogens with one attached hydrogen (secondary N) is 2. The minimum atomic E-state index is -0.196. The van der Waals surface area contributed by atoms with Gasteiger partial charge in [-0.25, -0.2) is 0 Å². The van der Waals surface area contributed by atoms with Crippen LogP contribution in [0.2, 0.25) is 0 Å². The zero-order valence-corrected chi connectivity index (χ0v) is 13.0. The monoisotopic (exact) mass is 309 g/mol. The van der Waals surface area contributed by atoms with Gasteiger partial charge in [0.25, 0.3) is 5.91 Å². The van der Waals surface area contributed by atoms with Crippen LogP contribution in [0.25, 0.3) is 0 Å². The van der Waals surface area contributed by atoms with Crippen LogP contribution < -0.4 is 15.4 Å². The molecule has 5 nitrogen and oxygen atoms in total. The van der Waals surface area contributed by atoms with Crippen LogP contribution in [0.1, 0.15) is 22.3 Å². The third-order valence-corrected chi connectivity index (χ3v) is 3.64. The molecule has 0 atom stereocenters. The molecular formula is C18H19N3O2. The lowest BCUT2D eigenvalue weighted by atomic mass is 10.1. The molecule has 2 aromatic rings. The lowest BCUT2D eigenvalue weighted by molar-refractivity contribution is 0.102. The second-order valence-electron chi connectivity index (χ2n) is 5.25. The van der Waals surface area contributed by atoms with E-state index in [2.05, 4.69) is 15.6 Å². The van der Waals surface area contributed by atoms with E-state index in [1.54, 1.807) is 19.2 Å². The first-order valence-electron chi connectivity index (χ1n) is 7.61. The Hall–Kier alpha value is -2.82. The average molecular weight is 309 g/mol. The van der Waals surface area contributed by atoms with Gasteiger partial charge in [0, 0.05) is 24.3 Å². The number of rotatable bonds is 4. The van der Waals surface area contributed by atoms with Gasteiger partial charge in [0.15, 0.2) is 0 Å². The molecule has 0 saturated carbocycles. The lowest BCUT2D eigenvalue weighted by Gasteiger charge is -2.15. The van der Waals surface area contributed by atoms with Crippen LogP contribution in [0.4, 0.5) is 5.69 Å². The molecule has 1 aliphatic heterocycles. The Labute approximate surface area is 135 Å². The van der Waals surface area contributed by atoms with Crippen molar-refractivity contribution in [2.75, 3.05) is 25.5 Å². The highest BCUT2D eigenvalue weighted by atomic mass is 16.5. The quantitative estimate of drug-likeness (QED) is 0.913. The average Bonchev–Trinajstić information content (AvgIpc) is 2.62. The zero-order chi connectivity index (χ0) is 16.1. The molecule has 23 heavy (non-hydrogen) atoms. The largest absolute Gasteiger partial charge is 0.496 e. The third kappa shape index (κ3) is 3.51. The van der Waals surface area contributed by atoms with Crippen molar-refractivity contribution in [1.29, 1.82) is 0 Å². The van der Waals surface area contributed by atoms with Crippen molar-refractivity contribution in [3.8, 4) is 5.75 Å². The summed E-state index contributed by atoms with van der Waals surface area (Å²) in [4.78, 5) is 16.9. The van der Waals surface area contributed by atoms with Crippen molar-refractivity contribution in [3.05, 3.63) is 59.7 Å². The van der Waals surface area contributed by atoms with Crippen molar-refractivity contribution in [1.82, 2.24) is 5.32 Å². The van der Waals surface area contributed by atoms with Gasteiger partial charge in [-0.15, -0.1) is 0 Å². The molecule has 2 aromatic carbocycles. The molecule has 0 spiro atoms. The second-order valence-corrected chi connectivity index (χ2v) is 5.25.